The van der Waals surface area contributed by atoms with Crippen molar-refractivity contribution in [1.29, 1.82) is 0 Å². The first-order valence-corrected chi connectivity index (χ1v) is 13.4. The van der Waals surface area contributed by atoms with Crippen LogP contribution in [-0.4, -0.2) is 28.0 Å². The molecule has 5 aromatic rings. The van der Waals surface area contributed by atoms with E-state index in [2.05, 4.69) is 74.1 Å². The number of fused-ring (bicyclic) bond motifs is 2. The molecule has 1 unspecified atom stereocenters. The van der Waals surface area contributed by atoms with Gasteiger partial charge in [0.15, 0.2) is 5.43 Å². The van der Waals surface area contributed by atoms with Crippen molar-refractivity contribution in [2.75, 3.05) is 13.1 Å². The van der Waals surface area contributed by atoms with Crippen molar-refractivity contribution in [2.45, 2.75) is 44.7 Å². The molecule has 4 N–H and O–H groups in total. The second-order valence-corrected chi connectivity index (χ2v) is 10.5. The summed E-state index contributed by atoms with van der Waals surface area (Å²) in [6.45, 7) is 4.00. The van der Waals surface area contributed by atoms with Gasteiger partial charge in [-0.05, 0) is 91.9 Å². The van der Waals surface area contributed by atoms with Crippen LogP contribution in [0.15, 0.2) is 65.6 Å². The molecular formula is C31H31N5O. The number of H-pyrrole nitrogens is 2. The quantitative estimate of drug-likeness (QED) is 0.253. The first kappa shape index (κ1) is 22.5. The number of benzene rings is 3. The molecule has 2 atom stereocenters. The molecule has 37 heavy (non-hydrogen) atoms. The van der Waals surface area contributed by atoms with E-state index in [-0.39, 0.29) is 11.5 Å². The smallest absolute Gasteiger partial charge is 0.192 e. The summed E-state index contributed by atoms with van der Waals surface area (Å²) < 4.78 is 0. The number of hydrogen-bond acceptors (Lipinski definition) is 4. The highest BCUT2D eigenvalue weighted by molar-refractivity contribution is 5.92. The maximum absolute atomic E-state index is 13.1. The van der Waals surface area contributed by atoms with E-state index in [9.17, 15) is 4.79 Å². The van der Waals surface area contributed by atoms with Crippen LogP contribution in [0.3, 0.4) is 0 Å². The molecule has 2 fully saturated rings. The van der Waals surface area contributed by atoms with Crippen molar-refractivity contribution in [3.05, 3.63) is 88.1 Å². The van der Waals surface area contributed by atoms with Gasteiger partial charge in [0, 0.05) is 28.2 Å². The summed E-state index contributed by atoms with van der Waals surface area (Å²) in [5, 5.41) is 10.2. The molecule has 0 saturated carbocycles. The van der Waals surface area contributed by atoms with E-state index in [1.54, 1.807) is 0 Å². The average Bonchev–Trinajstić information content (AvgIpc) is 3.72. The average molecular weight is 490 g/mol. The summed E-state index contributed by atoms with van der Waals surface area (Å²) in [4.78, 5) is 24.8. The maximum atomic E-state index is 13.1. The molecule has 2 saturated heterocycles. The molecule has 3 aromatic carbocycles. The third-order valence-corrected chi connectivity index (χ3v) is 8.16. The van der Waals surface area contributed by atoms with E-state index in [4.69, 9.17) is 0 Å². The first-order chi connectivity index (χ1) is 18.1. The summed E-state index contributed by atoms with van der Waals surface area (Å²) >= 11 is 0. The van der Waals surface area contributed by atoms with Gasteiger partial charge in [0.05, 0.1) is 23.4 Å². The maximum Gasteiger partial charge on any atom is 0.192 e. The molecule has 0 aliphatic carbocycles. The number of pyridine rings is 1. The van der Waals surface area contributed by atoms with E-state index < -0.39 is 0 Å². The lowest BCUT2D eigenvalue weighted by molar-refractivity contribution is 0.613. The lowest BCUT2D eigenvalue weighted by atomic mass is 9.97. The fourth-order valence-electron chi connectivity index (χ4n) is 6.04. The van der Waals surface area contributed by atoms with Gasteiger partial charge in [0.2, 0.25) is 0 Å². The molecule has 2 aromatic heterocycles. The SMILES string of the molecule is Cc1c(C2CCCN2)[nH]c2cc(-c3ccc4cc(-c5cnc([C@@H]6CCCN6)[nH]5)ccc4c3)ccc2c1=O. The predicted molar refractivity (Wildman–Crippen MR) is 150 cm³/mol. The molecule has 6 heteroatoms. The Bertz CT molecular complexity index is 1690. The van der Waals surface area contributed by atoms with Crippen LogP contribution in [0.4, 0.5) is 0 Å². The van der Waals surface area contributed by atoms with Gasteiger partial charge in [-0.3, -0.25) is 4.79 Å². The third-order valence-electron chi connectivity index (χ3n) is 8.16. The normalized spacial score (nSPS) is 19.8. The number of nitrogens with zero attached hydrogens (tertiary/aromatic N) is 1. The monoisotopic (exact) mass is 489 g/mol. The zero-order valence-corrected chi connectivity index (χ0v) is 21.0. The number of hydrogen-bond donors (Lipinski definition) is 4. The molecule has 186 valence electrons. The van der Waals surface area contributed by atoms with Gasteiger partial charge >= 0.3 is 0 Å². The second-order valence-electron chi connectivity index (χ2n) is 10.5. The fraction of sp³-hybridized carbons (Fsp3) is 0.290. The first-order valence-electron chi connectivity index (χ1n) is 13.4. The van der Waals surface area contributed by atoms with Gasteiger partial charge in [-0.1, -0.05) is 30.3 Å². The van der Waals surface area contributed by atoms with Crippen LogP contribution in [-0.2, 0) is 0 Å². The molecule has 0 radical (unpaired) electrons. The van der Waals surface area contributed by atoms with Crippen molar-refractivity contribution >= 4 is 21.7 Å². The lowest BCUT2D eigenvalue weighted by Gasteiger charge is -2.15. The molecular weight excluding hydrogens is 458 g/mol. The summed E-state index contributed by atoms with van der Waals surface area (Å²) in [7, 11) is 0. The van der Waals surface area contributed by atoms with Crippen molar-refractivity contribution in [1.82, 2.24) is 25.6 Å². The zero-order valence-electron chi connectivity index (χ0n) is 21.0. The minimum absolute atomic E-state index is 0.126. The van der Waals surface area contributed by atoms with Crippen molar-refractivity contribution < 1.29 is 0 Å². The van der Waals surface area contributed by atoms with Gasteiger partial charge in [0.1, 0.15) is 5.82 Å². The van der Waals surface area contributed by atoms with Crippen LogP contribution >= 0.6 is 0 Å². The Kier molecular flexibility index (Phi) is 5.45. The summed E-state index contributed by atoms with van der Waals surface area (Å²) in [5.74, 6) is 1.03. The molecule has 2 aliphatic rings. The molecule has 2 aliphatic heterocycles. The summed E-state index contributed by atoms with van der Waals surface area (Å²) in [5.41, 5.74) is 7.32. The van der Waals surface area contributed by atoms with Crippen LogP contribution in [0.1, 0.15) is 54.8 Å². The van der Waals surface area contributed by atoms with Crippen LogP contribution in [0, 0.1) is 6.92 Å². The van der Waals surface area contributed by atoms with Crippen molar-refractivity contribution in [3.63, 3.8) is 0 Å². The van der Waals surface area contributed by atoms with Crippen LogP contribution in [0.2, 0.25) is 0 Å². The Morgan fingerprint density at radius 1 is 0.784 bits per heavy atom. The Hall–Kier alpha value is -3.74. The van der Waals surface area contributed by atoms with Crippen LogP contribution in [0.5, 0.6) is 0 Å². The molecule has 7 rings (SSSR count). The van der Waals surface area contributed by atoms with E-state index in [0.29, 0.717) is 6.04 Å². The topological polar surface area (TPSA) is 85.6 Å². The van der Waals surface area contributed by atoms with E-state index >= 15 is 0 Å². The van der Waals surface area contributed by atoms with Gasteiger partial charge in [-0.15, -0.1) is 0 Å². The minimum atomic E-state index is 0.126. The second kappa shape index (κ2) is 8.98. The van der Waals surface area contributed by atoms with Gasteiger partial charge in [-0.2, -0.15) is 0 Å². The van der Waals surface area contributed by atoms with Crippen LogP contribution in [0.25, 0.3) is 44.1 Å². The van der Waals surface area contributed by atoms with Gasteiger partial charge in [0.25, 0.3) is 0 Å². The fourth-order valence-corrected chi connectivity index (χ4v) is 6.04. The van der Waals surface area contributed by atoms with E-state index in [0.717, 1.165) is 82.7 Å². The number of aromatic amines is 2. The molecule has 6 nitrogen and oxygen atoms in total. The predicted octanol–water partition coefficient (Wildman–Crippen LogP) is 5.90. The third kappa shape index (κ3) is 3.97. The van der Waals surface area contributed by atoms with Gasteiger partial charge < -0.3 is 20.6 Å². The summed E-state index contributed by atoms with van der Waals surface area (Å²) in [6, 6.07) is 19.8. The minimum Gasteiger partial charge on any atom is -0.357 e. The number of rotatable bonds is 4. The van der Waals surface area contributed by atoms with Gasteiger partial charge in [-0.25, -0.2) is 4.98 Å². The Morgan fingerprint density at radius 2 is 1.46 bits per heavy atom. The van der Waals surface area contributed by atoms with Crippen LogP contribution < -0.4 is 16.1 Å². The summed E-state index contributed by atoms with van der Waals surface area (Å²) in [6.07, 6.45) is 6.48. The number of nitrogens with one attached hydrogen (secondary N) is 4. The van der Waals surface area contributed by atoms with E-state index in [1.165, 1.54) is 17.2 Å². The molecule has 4 heterocycles. The number of imidazole rings is 1. The zero-order chi connectivity index (χ0) is 24.9. The largest absolute Gasteiger partial charge is 0.357 e. The highest BCUT2D eigenvalue weighted by atomic mass is 16.1. The highest BCUT2D eigenvalue weighted by Crippen LogP contribution is 2.31. The Morgan fingerprint density at radius 3 is 2.22 bits per heavy atom. The van der Waals surface area contributed by atoms with E-state index in [1.807, 2.05) is 19.2 Å². The highest BCUT2D eigenvalue weighted by Gasteiger charge is 2.21. The van der Waals surface area contributed by atoms with Crippen molar-refractivity contribution in [2.24, 2.45) is 0 Å². The number of aromatic nitrogens is 3. The Labute approximate surface area is 215 Å². The molecule has 0 spiro atoms. The molecule has 0 amide bonds. The molecule has 0 bridgehead atoms. The Balaban J connectivity index is 1.22. The standard InChI is InChI=1S/C31H31N5O/c1-18-29(25-4-2-12-32-25)35-27-16-22(10-11-24(27)30(18)37)20-6-7-21-15-23(9-8-19(21)14-20)28-17-34-31(36-28)26-5-3-13-33-26/h6-11,14-17,25-26,32-33H,2-5,12-13H2,1H3,(H,34,36)(H,35,37)/t25?,26-/m0/s1. The lowest BCUT2D eigenvalue weighted by Crippen LogP contribution is -2.20. The van der Waals surface area contributed by atoms with Crippen molar-refractivity contribution in [3.8, 4) is 22.4 Å².